The van der Waals surface area contributed by atoms with Gasteiger partial charge in [0.1, 0.15) is 0 Å². The standard InChI is InChI=1S/C14H28N2O/c1-11(2)14(4-5-14)10-16-12(3)8-13-9-17-7-6-15-13/h11-13,15-16H,4-10H2,1-3H3. The van der Waals surface area contributed by atoms with Crippen LogP contribution in [0.2, 0.25) is 0 Å². The number of rotatable bonds is 6. The number of ether oxygens (including phenoxy) is 1. The highest BCUT2D eigenvalue weighted by Gasteiger charge is 2.44. The third-order valence-corrected chi connectivity index (χ3v) is 4.56. The summed E-state index contributed by atoms with van der Waals surface area (Å²) in [6, 6.07) is 1.13. The summed E-state index contributed by atoms with van der Waals surface area (Å²) in [6.07, 6.45) is 4.00. The Kier molecular flexibility index (Phi) is 4.45. The van der Waals surface area contributed by atoms with Gasteiger partial charge in [-0.15, -0.1) is 0 Å². The molecule has 2 fully saturated rings. The van der Waals surface area contributed by atoms with Gasteiger partial charge in [0, 0.05) is 25.2 Å². The summed E-state index contributed by atoms with van der Waals surface area (Å²) in [5.41, 5.74) is 0.616. The van der Waals surface area contributed by atoms with Crippen molar-refractivity contribution in [1.29, 1.82) is 0 Å². The molecule has 2 aliphatic rings. The van der Waals surface area contributed by atoms with Gasteiger partial charge in [-0.25, -0.2) is 0 Å². The minimum absolute atomic E-state index is 0.542. The van der Waals surface area contributed by atoms with Gasteiger partial charge in [-0.1, -0.05) is 13.8 Å². The van der Waals surface area contributed by atoms with E-state index in [0.29, 0.717) is 17.5 Å². The second-order valence-electron chi connectivity index (χ2n) is 6.26. The summed E-state index contributed by atoms with van der Waals surface area (Å²) in [5, 5.41) is 7.24. The molecule has 17 heavy (non-hydrogen) atoms. The van der Waals surface area contributed by atoms with Crippen LogP contribution in [-0.4, -0.2) is 38.4 Å². The Morgan fingerprint density at radius 2 is 2.12 bits per heavy atom. The van der Waals surface area contributed by atoms with E-state index in [2.05, 4.69) is 31.4 Å². The van der Waals surface area contributed by atoms with Gasteiger partial charge in [0.25, 0.3) is 0 Å². The van der Waals surface area contributed by atoms with Crippen LogP contribution in [0, 0.1) is 11.3 Å². The van der Waals surface area contributed by atoms with Crippen molar-refractivity contribution in [2.24, 2.45) is 11.3 Å². The lowest BCUT2D eigenvalue weighted by Gasteiger charge is -2.28. The average Bonchev–Trinajstić information content (AvgIpc) is 3.09. The molecule has 1 aliphatic carbocycles. The molecule has 2 rings (SSSR count). The molecule has 1 saturated carbocycles. The van der Waals surface area contributed by atoms with Crippen LogP contribution in [-0.2, 0) is 4.74 Å². The van der Waals surface area contributed by atoms with Crippen LogP contribution in [0.1, 0.15) is 40.0 Å². The molecule has 0 spiro atoms. The predicted molar refractivity (Wildman–Crippen MR) is 71.2 cm³/mol. The van der Waals surface area contributed by atoms with Crippen LogP contribution in [0.25, 0.3) is 0 Å². The molecule has 1 heterocycles. The van der Waals surface area contributed by atoms with E-state index in [4.69, 9.17) is 4.74 Å². The van der Waals surface area contributed by atoms with Crippen molar-refractivity contribution in [3.8, 4) is 0 Å². The maximum absolute atomic E-state index is 5.49. The molecule has 0 aromatic rings. The molecule has 0 aromatic carbocycles. The van der Waals surface area contributed by atoms with E-state index in [0.717, 1.165) is 25.7 Å². The van der Waals surface area contributed by atoms with Gasteiger partial charge < -0.3 is 15.4 Å². The van der Waals surface area contributed by atoms with Crippen LogP contribution in [0.15, 0.2) is 0 Å². The zero-order valence-corrected chi connectivity index (χ0v) is 11.6. The predicted octanol–water partition coefficient (Wildman–Crippen LogP) is 1.78. The van der Waals surface area contributed by atoms with E-state index in [1.54, 1.807) is 0 Å². The van der Waals surface area contributed by atoms with Crippen LogP contribution in [0.5, 0.6) is 0 Å². The third kappa shape index (κ3) is 3.67. The van der Waals surface area contributed by atoms with Crippen molar-refractivity contribution in [3.63, 3.8) is 0 Å². The van der Waals surface area contributed by atoms with Crippen LogP contribution >= 0.6 is 0 Å². The Labute approximate surface area is 106 Å². The Morgan fingerprint density at radius 3 is 2.65 bits per heavy atom. The Balaban J connectivity index is 1.65. The Morgan fingerprint density at radius 1 is 1.35 bits per heavy atom. The fraction of sp³-hybridized carbons (Fsp3) is 1.00. The quantitative estimate of drug-likeness (QED) is 0.742. The van der Waals surface area contributed by atoms with Gasteiger partial charge in [-0.3, -0.25) is 0 Å². The zero-order valence-electron chi connectivity index (χ0n) is 11.6. The molecule has 3 heteroatoms. The van der Waals surface area contributed by atoms with E-state index < -0.39 is 0 Å². The maximum atomic E-state index is 5.49. The summed E-state index contributed by atoms with van der Waals surface area (Å²) < 4.78 is 5.49. The second-order valence-corrected chi connectivity index (χ2v) is 6.26. The van der Waals surface area contributed by atoms with Crippen molar-refractivity contribution >= 4 is 0 Å². The molecule has 2 unspecified atom stereocenters. The van der Waals surface area contributed by atoms with Crippen molar-refractivity contribution < 1.29 is 4.74 Å². The first-order valence-electron chi connectivity index (χ1n) is 7.17. The largest absolute Gasteiger partial charge is 0.379 e. The normalized spacial score (nSPS) is 29.3. The smallest absolute Gasteiger partial charge is 0.0620 e. The van der Waals surface area contributed by atoms with Crippen molar-refractivity contribution in [1.82, 2.24) is 10.6 Å². The van der Waals surface area contributed by atoms with E-state index in [9.17, 15) is 0 Å². The lowest BCUT2D eigenvalue weighted by Crippen LogP contribution is -2.45. The van der Waals surface area contributed by atoms with Crippen molar-refractivity contribution in [2.75, 3.05) is 26.3 Å². The molecule has 3 nitrogen and oxygen atoms in total. The number of hydrogen-bond acceptors (Lipinski definition) is 3. The minimum Gasteiger partial charge on any atom is -0.379 e. The van der Waals surface area contributed by atoms with Gasteiger partial charge in [0.2, 0.25) is 0 Å². The van der Waals surface area contributed by atoms with E-state index in [-0.39, 0.29) is 0 Å². The van der Waals surface area contributed by atoms with Crippen LogP contribution < -0.4 is 10.6 Å². The number of nitrogens with one attached hydrogen (secondary N) is 2. The molecule has 2 N–H and O–H groups in total. The maximum Gasteiger partial charge on any atom is 0.0620 e. The van der Waals surface area contributed by atoms with E-state index in [1.165, 1.54) is 25.8 Å². The second kappa shape index (κ2) is 5.68. The first-order valence-corrected chi connectivity index (χ1v) is 7.17. The van der Waals surface area contributed by atoms with Crippen LogP contribution in [0.3, 0.4) is 0 Å². The highest BCUT2D eigenvalue weighted by molar-refractivity contribution is 4.97. The first kappa shape index (κ1) is 13.3. The third-order valence-electron chi connectivity index (χ3n) is 4.56. The molecule has 0 amide bonds. The van der Waals surface area contributed by atoms with Gasteiger partial charge in [-0.05, 0) is 37.5 Å². The van der Waals surface area contributed by atoms with Crippen molar-refractivity contribution in [3.05, 3.63) is 0 Å². The topological polar surface area (TPSA) is 33.3 Å². The Bertz CT molecular complexity index is 232. The highest BCUT2D eigenvalue weighted by atomic mass is 16.5. The molecule has 0 aromatic heterocycles. The monoisotopic (exact) mass is 240 g/mol. The van der Waals surface area contributed by atoms with Gasteiger partial charge in [0.05, 0.1) is 13.2 Å². The molecule has 0 bridgehead atoms. The Hall–Kier alpha value is -0.120. The fourth-order valence-electron chi connectivity index (χ4n) is 2.78. The van der Waals surface area contributed by atoms with Gasteiger partial charge in [0.15, 0.2) is 0 Å². The van der Waals surface area contributed by atoms with E-state index in [1.807, 2.05) is 0 Å². The molecule has 100 valence electrons. The SMILES string of the molecule is CC(CC1COCCN1)NCC1(C(C)C)CC1. The van der Waals surface area contributed by atoms with E-state index >= 15 is 0 Å². The number of morpholine rings is 1. The summed E-state index contributed by atoms with van der Waals surface area (Å²) in [7, 11) is 0. The molecule has 0 radical (unpaired) electrons. The van der Waals surface area contributed by atoms with Gasteiger partial charge in [-0.2, -0.15) is 0 Å². The molecule has 1 aliphatic heterocycles. The summed E-state index contributed by atoms with van der Waals surface area (Å²) in [6.45, 7) is 11.0. The summed E-state index contributed by atoms with van der Waals surface area (Å²) in [5.74, 6) is 0.818. The first-order chi connectivity index (χ1) is 8.12. The summed E-state index contributed by atoms with van der Waals surface area (Å²) >= 11 is 0. The molecular formula is C14H28N2O. The lowest BCUT2D eigenvalue weighted by atomic mass is 9.92. The minimum atomic E-state index is 0.542. The lowest BCUT2D eigenvalue weighted by molar-refractivity contribution is 0.0709. The molecule has 2 atom stereocenters. The summed E-state index contributed by atoms with van der Waals surface area (Å²) in [4.78, 5) is 0. The fourth-order valence-corrected chi connectivity index (χ4v) is 2.78. The zero-order chi connectivity index (χ0) is 12.3. The molecule has 1 saturated heterocycles. The highest BCUT2D eigenvalue weighted by Crippen LogP contribution is 2.51. The van der Waals surface area contributed by atoms with Crippen molar-refractivity contribution in [2.45, 2.75) is 52.1 Å². The van der Waals surface area contributed by atoms with Gasteiger partial charge >= 0.3 is 0 Å². The molecular weight excluding hydrogens is 212 g/mol. The average molecular weight is 240 g/mol. The van der Waals surface area contributed by atoms with Crippen LogP contribution in [0.4, 0.5) is 0 Å². The number of hydrogen-bond donors (Lipinski definition) is 2.